The number of amides is 1. The minimum atomic E-state index is -3.69. The topological polar surface area (TPSA) is 182 Å². The number of fused-ring (bicyclic) bond motifs is 1. The van der Waals surface area contributed by atoms with Crippen molar-refractivity contribution in [1.29, 1.82) is 5.41 Å². The van der Waals surface area contributed by atoms with Crippen molar-refractivity contribution in [3.63, 3.8) is 0 Å². The van der Waals surface area contributed by atoms with Gasteiger partial charge in [0.1, 0.15) is 6.33 Å². The summed E-state index contributed by atoms with van der Waals surface area (Å²) in [6.07, 6.45) is 1.82. The monoisotopic (exact) mass is 431 g/mol. The summed E-state index contributed by atoms with van der Waals surface area (Å²) in [6, 6.07) is 9.04. The molecule has 1 aromatic carbocycles. The predicted molar refractivity (Wildman–Crippen MR) is 107 cm³/mol. The van der Waals surface area contributed by atoms with Crippen LogP contribution in [0, 0.1) is 5.41 Å². The number of nitrogens with one attached hydrogen (secondary N) is 3. The number of carbonyl (C=O) groups is 2. The van der Waals surface area contributed by atoms with E-state index in [1.807, 2.05) is 4.72 Å². The van der Waals surface area contributed by atoms with Gasteiger partial charge in [0.15, 0.2) is 17.4 Å². The number of ether oxygens (including phenoxy) is 1. The van der Waals surface area contributed by atoms with Crippen molar-refractivity contribution in [2.24, 2.45) is 5.73 Å². The lowest BCUT2D eigenvalue weighted by atomic mass is 10.2. The Morgan fingerprint density at radius 1 is 1.20 bits per heavy atom. The molecule has 0 aliphatic heterocycles. The molecule has 0 bridgehead atoms. The van der Waals surface area contributed by atoms with Crippen LogP contribution in [-0.2, 0) is 21.2 Å². The first kappa shape index (κ1) is 20.7. The minimum absolute atomic E-state index is 0.107. The molecule has 0 saturated carbocycles. The highest BCUT2D eigenvalue weighted by molar-refractivity contribution is 7.89. The lowest BCUT2D eigenvalue weighted by Gasteiger charge is -2.09. The van der Waals surface area contributed by atoms with Gasteiger partial charge in [-0.2, -0.15) is 5.10 Å². The number of esters is 1. The minimum Gasteiger partial charge on any atom is -0.419 e. The van der Waals surface area contributed by atoms with E-state index < -0.39 is 21.9 Å². The molecule has 0 radical (unpaired) electrons. The van der Waals surface area contributed by atoms with Crippen LogP contribution in [0.25, 0.3) is 5.65 Å². The van der Waals surface area contributed by atoms with Gasteiger partial charge < -0.3 is 15.8 Å². The largest absolute Gasteiger partial charge is 0.419 e. The zero-order valence-corrected chi connectivity index (χ0v) is 16.4. The van der Waals surface area contributed by atoms with E-state index in [9.17, 15) is 18.0 Å². The van der Waals surface area contributed by atoms with Crippen LogP contribution in [0.5, 0.6) is 5.75 Å². The van der Waals surface area contributed by atoms with Gasteiger partial charge in [0.05, 0.1) is 23.9 Å². The molecule has 2 heterocycles. The molecule has 156 valence electrons. The average molecular weight is 431 g/mol. The second-order valence-corrected chi connectivity index (χ2v) is 7.91. The summed E-state index contributed by atoms with van der Waals surface area (Å²) < 4.78 is 30.9. The Morgan fingerprint density at radius 2 is 1.90 bits per heavy atom. The molecule has 3 rings (SSSR count). The predicted octanol–water partition coefficient (Wildman–Crippen LogP) is -0.128. The number of anilines is 1. The van der Waals surface area contributed by atoms with Crippen LogP contribution in [-0.4, -0.2) is 47.1 Å². The van der Waals surface area contributed by atoms with E-state index in [4.69, 9.17) is 15.9 Å². The number of nitrogens with zero attached hydrogens (tertiary/aromatic N) is 3. The average Bonchev–Trinajstić information content (AvgIpc) is 3.12. The molecule has 30 heavy (non-hydrogen) atoms. The number of hydrogen-bond donors (Lipinski definition) is 4. The van der Waals surface area contributed by atoms with Crippen molar-refractivity contribution in [3.8, 4) is 5.75 Å². The van der Waals surface area contributed by atoms with Crippen molar-refractivity contribution < 1.29 is 22.7 Å². The number of guanidine groups is 1. The van der Waals surface area contributed by atoms with E-state index in [1.165, 1.54) is 35.1 Å². The Kier molecular flexibility index (Phi) is 5.64. The van der Waals surface area contributed by atoms with E-state index in [0.29, 0.717) is 11.4 Å². The molecule has 0 aliphatic carbocycles. The van der Waals surface area contributed by atoms with Gasteiger partial charge in [0.25, 0.3) is 0 Å². The number of rotatable bonds is 6. The third kappa shape index (κ3) is 5.08. The van der Waals surface area contributed by atoms with Crippen LogP contribution < -0.4 is 20.5 Å². The SMILES string of the molecule is CS(=O)(=O)NC(=O)Cc1ccc(OC(=O)c2ccc(NC(=N)N)cc2)c2ncnn12. The van der Waals surface area contributed by atoms with Crippen molar-refractivity contribution in [3.05, 3.63) is 54.0 Å². The summed E-state index contributed by atoms with van der Waals surface area (Å²) in [5, 5.41) is 13.8. The van der Waals surface area contributed by atoms with Crippen LogP contribution in [0.3, 0.4) is 0 Å². The van der Waals surface area contributed by atoms with Crippen LogP contribution in [0.2, 0.25) is 0 Å². The zero-order valence-electron chi connectivity index (χ0n) is 15.6. The highest BCUT2D eigenvalue weighted by atomic mass is 32.2. The number of benzene rings is 1. The van der Waals surface area contributed by atoms with Gasteiger partial charge >= 0.3 is 5.97 Å². The van der Waals surface area contributed by atoms with Gasteiger partial charge in [0.2, 0.25) is 15.9 Å². The van der Waals surface area contributed by atoms with E-state index in [2.05, 4.69) is 15.4 Å². The fourth-order valence-electron chi connectivity index (χ4n) is 2.56. The van der Waals surface area contributed by atoms with E-state index in [-0.39, 0.29) is 29.3 Å². The fourth-order valence-corrected chi connectivity index (χ4v) is 3.05. The normalized spacial score (nSPS) is 11.1. The van der Waals surface area contributed by atoms with Crippen molar-refractivity contribution in [2.45, 2.75) is 6.42 Å². The second-order valence-electron chi connectivity index (χ2n) is 6.16. The molecule has 0 atom stereocenters. The first-order valence-electron chi connectivity index (χ1n) is 8.38. The summed E-state index contributed by atoms with van der Waals surface area (Å²) in [7, 11) is -3.69. The quantitative estimate of drug-likeness (QED) is 0.235. The number of aromatic nitrogens is 3. The molecule has 3 aromatic rings. The van der Waals surface area contributed by atoms with E-state index in [1.54, 1.807) is 12.1 Å². The van der Waals surface area contributed by atoms with Crippen molar-refractivity contribution >= 4 is 39.2 Å². The van der Waals surface area contributed by atoms with Crippen LogP contribution in [0.1, 0.15) is 16.1 Å². The molecule has 0 unspecified atom stereocenters. The zero-order chi connectivity index (χ0) is 21.9. The van der Waals surface area contributed by atoms with E-state index in [0.717, 1.165) is 6.26 Å². The standard InChI is InChI=1S/C17H17N7O5S/c1-30(27,28)23-14(25)8-12-6-7-13(15-20-9-21-24(12)15)29-16(26)10-2-4-11(5-3-10)22-17(18)19/h2-7,9H,8H2,1H3,(H,23,25)(H4,18,19,22). The lowest BCUT2D eigenvalue weighted by Crippen LogP contribution is -2.31. The summed E-state index contributed by atoms with van der Waals surface area (Å²) in [5.74, 6) is -1.52. The van der Waals surface area contributed by atoms with Gasteiger partial charge in [-0.05, 0) is 36.4 Å². The Bertz CT molecular complexity index is 1240. The molecule has 0 aliphatic rings. The van der Waals surface area contributed by atoms with Gasteiger partial charge in [-0.15, -0.1) is 0 Å². The number of carbonyl (C=O) groups excluding carboxylic acids is 2. The first-order valence-corrected chi connectivity index (χ1v) is 10.3. The lowest BCUT2D eigenvalue weighted by molar-refractivity contribution is -0.118. The first-order chi connectivity index (χ1) is 14.1. The van der Waals surface area contributed by atoms with Gasteiger partial charge in [0, 0.05) is 5.69 Å². The van der Waals surface area contributed by atoms with Crippen molar-refractivity contribution in [1.82, 2.24) is 19.3 Å². The maximum Gasteiger partial charge on any atom is 0.343 e. The highest BCUT2D eigenvalue weighted by Crippen LogP contribution is 2.21. The Labute approximate surface area is 170 Å². The summed E-state index contributed by atoms with van der Waals surface area (Å²) in [5.41, 5.74) is 6.57. The number of sulfonamides is 1. The third-order valence-electron chi connectivity index (χ3n) is 3.71. The Morgan fingerprint density at radius 3 is 2.53 bits per heavy atom. The maximum absolute atomic E-state index is 12.4. The smallest absolute Gasteiger partial charge is 0.343 e. The molecule has 0 fully saturated rings. The number of hydrogen-bond acceptors (Lipinski definition) is 8. The van der Waals surface area contributed by atoms with Gasteiger partial charge in [-0.1, -0.05) is 0 Å². The van der Waals surface area contributed by atoms with Crippen LogP contribution in [0.4, 0.5) is 5.69 Å². The molecule has 5 N–H and O–H groups in total. The second kappa shape index (κ2) is 8.16. The third-order valence-corrected chi connectivity index (χ3v) is 4.31. The molecule has 0 spiro atoms. The van der Waals surface area contributed by atoms with Gasteiger partial charge in [-0.3, -0.25) is 14.9 Å². The van der Waals surface area contributed by atoms with Crippen LogP contribution in [0.15, 0.2) is 42.7 Å². The molecule has 2 aromatic heterocycles. The Balaban J connectivity index is 1.79. The molecule has 13 heteroatoms. The summed E-state index contributed by atoms with van der Waals surface area (Å²) >= 11 is 0. The molecule has 12 nitrogen and oxygen atoms in total. The fraction of sp³-hybridized carbons (Fsp3) is 0.118. The Hall–Kier alpha value is -4.00. The van der Waals surface area contributed by atoms with E-state index >= 15 is 0 Å². The maximum atomic E-state index is 12.4. The molecule has 0 saturated heterocycles. The molecular weight excluding hydrogens is 414 g/mol. The molecule has 1 amide bonds. The highest BCUT2D eigenvalue weighted by Gasteiger charge is 2.17. The van der Waals surface area contributed by atoms with Crippen molar-refractivity contribution in [2.75, 3.05) is 11.6 Å². The van der Waals surface area contributed by atoms with Crippen LogP contribution >= 0.6 is 0 Å². The number of pyridine rings is 1. The molecular formula is C17H17N7O5S. The summed E-state index contributed by atoms with van der Waals surface area (Å²) in [4.78, 5) is 28.3. The summed E-state index contributed by atoms with van der Waals surface area (Å²) in [6.45, 7) is 0. The van der Waals surface area contributed by atoms with Gasteiger partial charge in [-0.25, -0.2) is 22.7 Å². The number of nitrogens with two attached hydrogens (primary N) is 1.